The third-order valence-electron chi connectivity index (χ3n) is 5.47. The van der Waals surface area contributed by atoms with Crippen molar-refractivity contribution >= 4 is 34.6 Å². The second-order valence-corrected chi connectivity index (χ2v) is 7.97. The first-order valence-electron chi connectivity index (χ1n) is 11.2. The molecule has 0 unspecified atom stereocenters. The van der Waals surface area contributed by atoms with E-state index in [2.05, 4.69) is 25.6 Å². The van der Waals surface area contributed by atoms with Crippen LogP contribution in [0.25, 0.3) is 17.0 Å². The van der Waals surface area contributed by atoms with Crippen molar-refractivity contribution in [1.29, 1.82) is 0 Å². The summed E-state index contributed by atoms with van der Waals surface area (Å²) in [6, 6.07) is 22.7. The van der Waals surface area contributed by atoms with E-state index in [0.29, 0.717) is 35.6 Å². The minimum atomic E-state index is -0.892. The van der Waals surface area contributed by atoms with Gasteiger partial charge in [-0.15, -0.1) is 0 Å². The topological polar surface area (TPSA) is 127 Å². The van der Waals surface area contributed by atoms with Crippen LogP contribution in [0.3, 0.4) is 0 Å². The second-order valence-electron chi connectivity index (χ2n) is 7.97. The largest absolute Gasteiger partial charge is 0.497 e. The first kappa shape index (κ1) is 22.8. The summed E-state index contributed by atoms with van der Waals surface area (Å²) >= 11 is 0. The Labute approximate surface area is 206 Å². The number of anilines is 3. The average Bonchev–Trinajstić information content (AvgIpc) is 3.26. The van der Waals surface area contributed by atoms with Crippen LogP contribution in [0.15, 0.2) is 79.1 Å². The molecule has 0 saturated heterocycles. The van der Waals surface area contributed by atoms with Crippen LogP contribution in [-0.4, -0.2) is 42.7 Å². The first-order chi connectivity index (χ1) is 17.6. The Hall–Kier alpha value is -4.99. The molecule has 5 rings (SSSR count). The van der Waals surface area contributed by atoms with E-state index >= 15 is 0 Å². The summed E-state index contributed by atoms with van der Waals surface area (Å²) in [7, 11) is 1.64. The lowest BCUT2D eigenvalue weighted by atomic mass is 10.1. The minimum Gasteiger partial charge on any atom is -0.497 e. The van der Waals surface area contributed by atoms with Gasteiger partial charge in [0.25, 0.3) is 0 Å². The summed E-state index contributed by atoms with van der Waals surface area (Å²) in [6.07, 6.45) is 1.36. The number of hydrogen-bond acceptors (Lipinski definition) is 8. The third kappa shape index (κ3) is 5.07. The van der Waals surface area contributed by atoms with Crippen LogP contribution in [0.1, 0.15) is 11.1 Å². The number of para-hydroxylation sites is 2. The van der Waals surface area contributed by atoms with Gasteiger partial charge < -0.3 is 20.5 Å². The Kier molecular flexibility index (Phi) is 6.39. The van der Waals surface area contributed by atoms with Gasteiger partial charge in [-0.3, -0.25) is 4.79 Å². The Morgan fingerprint density at radius 2 is 1.81 bits per heavy atom. The Bertz CT molecular complexity index is 1520. The van der Waals surface area contributed by atoms with Crippen LogP contribution in [0.4, 0.5) is 17.6 Å². The highest BCUT2D eigenvalue weighted by Crippen LogP contribution is 2.24. The molecule has 0 radical (unpaired) electrons. The molecule has 0 spiro atoms. The highest BCUT2D eigenvalue weighted by atomic mass is 16.5. The van der Waals surface area contributed by atoms with Gasteiger partial charge in [-0.25, -0.2) is 19.5 Å². The Morgan fingerprint density at radius 1 is 0.972 bits per heavy atom. The number of carboxylic acids is 1. The predicted molar refractivity (Wildman–Crippen MR) is 136 cm³/mol. The number of fused-ring (bicyclic) bond motifs is 1. The van der Waals surface area contributed by atoms with E-state index < -0.39 is 5.97 Å². The molecule has 0 saturated carbocycles. The lowest BCUT2D eigenvalue weighted by Crippen LogP contribution is -2.10. The molecule has 10 nitrogen and oxygen atoms in total. The van der Waals surface area contributed by atoms with Crippen molar-refractivity contribution in [1.82, 2.24) is 24.5 Å². The van der Waals surface area contributed by atoms with Crippen LogP contribution in [0.2, 0.25) is 0 Å². The predicted octanol–water partition coefficient (Wildman–Crippen LogP) is 4.20. The molecule has 0 atom stereocenters. The summed E-state index contributed by atoms with van der Waals surface area (Å²) in [6.45, 7) is 0.542. The zero-order valence-corrected chi connectivity index (χ0v) is 19.4. The zero-order valence-electron chi connectivity index (χ0n) is 19.4. The van der Waals surface area contributed by atoms with Crippen molar-refractivity contribution in [3.8, 4) is 11.7 Å². The highest BCUT2D eigenvalue weighted by Gasteiger charge is 2.15. The monoisotopic (exact) mass is 481 g/mol. The highest BCUT2D eigenvalue weighted by molar-refractivity contribution is 5.80. The lowest BCUT2D eigenvalue weighted by molar-refractivity contribution is -0.136. The van der Waals surface area contributed by atoms with E-state index in [1.165, 1.54) is 6.33 Å². The fourth-order valence-electron chi connectivity index (χ4n) is 3.79. The van der Waals surface area contributed by atoms with Crippen LogP contribution < -0.4 is 15.4 Å². The molecule has 0 fully saturated rings. The van der Waals surface area contributed by atoms with Gasteiger partial charge >= 0.3 is 5.97 Å². The summed E-state index contributed by atoms with van der Waals surface area (Å²) in [5.74, 6) is 1.21. The lowest BCUT2D eigenvalue weighted by Gasteiger charge is -2.11. The Morgan fingerprint density at radius 3 is 2.61 bits per heavy atom. The maximum absolute atomic E-state index is 11.1. The van der Waals surface area contributed by atoms with E-state index in [9.17, 15) is 4.79 Å². The molecule has 0 bridgehead atoms. The van der Waals surface area contributed by atoms with Crippen LogP contribution in [0.5, 0.6) is 5.75 Å². The van der Waals surface area contributed by atoms with E-state index in [1.54, 1.807) is 25.3 Å². The first-order valence-corrected chi connectivity index (χ1v) is 11.2. The van der Waals surface area contributed by atoms with Crippen molar-refractivity contribution in [3.05, 3.63) is 90.3 Å². The van der Waals surface area contributed by atoms with Gasteiger partial charge in [0.1, 0.15) is 12.1 Å². The maximum Gasteiger partial charge on any atom is 0.307 e. The van der Waals surface area contributed by atoms with Crippen LogP contribution >= 0.6 is 0 Å². The molecular weight excluding hydrogens is 458 g/mol. The number of nitrogens with zero attached hydrogens (tertiary/aromatic N) is 5. The maximum atomic E-state index is 11.1. The third-order valence-corrected chi connectivity index (χ3v) is 5.47. The van der Waals surface area contributed by atoms with Crippen molar-refractivity contribution in [2.45, 2.75) is 13.0 Å². The quantitative estimate of drug-likeness (QED) is 0.284. The van der Waals surface area contributed by atoms with E-state index in [-0.39, 0.29) is 6.42 Å². The van der Waals surface area contributed by atoms with Gasteiger partial charge in [0, 0.05) is 12.2 Å². The summed E-state index contributed by atoms with van der Waals surface area (Å²) < 4.78 is 7.07. The van der Waals surface area contributed by atoms with Crippen LogP contribution in [-0.2, 0) is 17.8 Å². The molecule has 3 aromatic carbocycles. The summed E-state index contributed by atoms with van der Waals surface area (Å²) in [5.41, 5.74) is 4.06. The zero-order chi connectivity index (χ0) is 24.9. The molecule has 0 aliphatic heterocycles. The number of aliphatic carboxylic acids is 1. The van der Waals surface area contributed by atoms with E-state index in [4.69, 9.17) is 14.8 Å². The molecule has 5 aromatic rings. The molecule has 0 aliphatic rings. The molecule has 10 heteroatoms. The number of hydrogen-bond donors (Lipinski definition) is 3. The van der Waals surface area contributed by atoms with Gasteiger partial charge in [-0.1, -0.05) is 36.4 Å². The van der Waals surface area contributed by atoms with E-state index in [1.807, 2.05) is 59.2 Å². The van der Waals surface area contributed by atoms with Crippen molar-refractivity contribution < 1.29 is 14.6 Å². The van der Waals surface area contributed by atoms with Gasteiger partial charge in [0.2, 0.25) is 17.8 Å². The molecule has 180 valence electrons. The molecule has 0 aliphatic carbocycles. The molecule has 3 N–H and O–H groups in total. The fourth-order valence-corrected chi connectivity index (χ4v) is 3.79. The minimum absolute atomic E-state index is 0.0672. The normalized spacial score (nSPS) is 10.8. The van der Waals surface area contributed by atoms with Crippen molar-refractivity contribution in [2.24, 2.45) is 0 Å². The Balaban J connectivity index is 1.44. The molecule has 36 heavy (non-hydrogen) atoms. The number of benzene rings is 3. The van der Waals surface area contributed by atoms with Crippen molar-refractivity contribution in [3.63, 3.8) is 0 Å². The summed E-state index contributed by atoms with van der Waals surface area (Å²) in [5, 5.41) is 15.6. The number of aromatic nitrogens is 5. The number of imidazole rings is 1. The molecule has 2 heterocycles. The number of nitrogens with one attached hydrogen (secondary N) is 2. The standard InChI is InChI=1S/C26H23N7O3/c1-36-20-11-9-17(10-12-20)15-27-25-31-21-7-2-3-8-22(21)33(25)26-29-16-28-24(32-26)30-19-6-4-5-18(13-19)14-23(34)35/h2-13,16H,14-15H2,1H3,(H,27,31)(H,34,35)(H,28,29,30,32). The number of ether oxygens (including phenoxy) is 1. The van der Waals surface area contributed by atoms with Crippen LogP contribution in [0, 0.1) is 0 Å². The molecule has 2 aromatic heterocycles. The molecule has 0 amide bonds. The van der Waals surface area contributed by atoms with Crippen molar-refractivity contribution in [2.75, 3.05) is 17.7 Å². The summed E-state index contributed by atoms with van der Waals surface area (Å²) in [4.78, 5) is 29.0. The van der Waals surface area contributed by atoms with Gasteiger partial charge in [-0.05, 0) is 47.5 Å². The second kappa shape index (κ2) is 10.1. The number of carbonyl (C=O) groups is 1. The number of rotatable bonds is 9. The number of methoxy groups -OCH3 is 1. The van der Waals surface area contributed by atoms with Gasteiger partial charge in [0.05, 0.1) is 24.6 Å². The molecular formula is C26H23N7O3. The number of carboxylic acid groups (broad SMARTS) is 1. The SMILES string of the molecule is COc1ccc(CNc2nc3ccccc3n2-c2ncnc(Nc3cccc(CC(=O)O)c3)n2)cc1. The van der Waals surface area contributed by atoms with E-state index in [0.717, 1.165) is 22.3 Å². The van der Waals surface area contributed by atoms with Gasteiger partial charge in [0.15, 0.2) is 0 Å². The average molecular weight is 482 g/mol. The van der Waals surface area contributed by atoms with Gasteiger partial charge in [-0.2, -0.15) is 4.98 Å². The fraction of sp³-hybridized carbons (Fsp3) is 0.115. The smallest absolute Gasteiger partial charge is 0.307 e.